The van der Waals surface area contributed by atoms with Crippen molar-refractivity contribution in [3.05, 3.63) is 0 Å². The van der Waals surface area contributed by atoms with Gasteiger partial charge in [0.15, 0.2) is 0 Å². The first-order valence-electron chi connectivity index (χ1n) is 5.08. The van der Waals surface area contributed by atoms with E-state index in [1.54, 1.807) is 13.8 Å². The number of alkyl carbamates (subject to hydrolysis) is 1. The molecule has 1 amide bonds. The molecule has 1 heterocycles. The van der Waals surface area contributed by atoms with Gasteiger partial charge in [0.05, 0.1) is 12.6 Å². The van der Waals surface area contributed by atoms with Crippen LogP contribution in [0, 0.1) is 5.92 Å². The molecule has 0 aromatic heterocycles. The number of esters is 1. The second-order valence-corrected chi connectivity index (χ2v) is 4.08. The number of cyclic esters (lactones) is 1. The maximum absolute atomic E-state index is 11.7. The first-order chi connectivity index (χ1) is 6.91. The van der Waals surface area contributed by atoms with Gasteiger partial charge in [0.25, 0.3) is 0 Å². The molecule has 1 aliphatic heterocycles. The molecule has 5 nitrogen and oxygen atoms in total. The fraction of sp³-hybridized carbons (Fsp3) is 0.800. The molecule has 0 aromatic rings. The molecule has 0 radical (unpaired) electrons. The van der Waals surface area contributed by atoms with Crippen molar-refractivity contribution in [1.29, 1.82) is 0 Å². The Labute approximate surface area is 89.1 Å². The van der Waals surface area contributed by atoms with Gasteiger partial charge in [-0.25, -0.2) is 9.59 Å². The van der Waals surface area contributed by atoms with Crippen LogP contribution in [0.3, 0.4) is 0 Å². The molecular weight excluding hydrogens is 198 g/mol. The molecule has 86 valence electrons. The largest absolute Gasteiger partial charge is 0.463 e. The highest BCUT2D eigenvalue weighted by Crippen LogP contribution is 2.28. The maximum atomic E-state index is 11.7. The Balaban J connectivity index is 2.88. The summed E-state index contributed by atoms with van der Waals surface area (Å²) in [5.74, 6) is -0.395. The molecule has 0 aliphatic carbocycles. The van der Waals surface area contributed by atoms with Crippen LogP contribution in [0.5, 0.6) is 0 Å². The molecule has 0 spiro atoms. The zero-order chi connectivity index (χ0) is 11.6. The van der Waals surface area contributed by atoms with Gasteiger partial charge in [-0.3, -0.25) is 0 Å². The smallest absolute Gasteiger partial charge is 0.408 e. The second-order valence-electron chi connectivity index (χ2n) is 4.08. The first-order valence-corrected chi connectivity index (χ1v) is 5.08. The summed E-state index contributed by atoms with van der Waals surface area (Å²) < 4.78 is 9.91. The van der Waals surface area contributed by atoms with Crippen LogP contribution >= 0.6 is 0 Å². The lowest BCUT2D eigenvalue weighted by Crippen LogP contribution is -2.51. The number of hydrogen-bond acceptors (Lipinski definition) is 4. The Hall–Kier alpha value is -1.26. The summed E-state index contributed by atoms with van der Waals surface area (Å²) in [6, 6.07) is -0.343. The molecule has 1 rings (SSSR count). The van der Waals surface area contributed by atoms with E-state index in [0.717, 1.165) is 0 Å². The third kappa shape index (κ3) is 2.06. The van der Waals surface area contributed by atoms with E-state index in [1.807, 2.05) is 13.8 Å². The monoisotopic (exact) mass is 215 g/mol. The quantitative estimate of drug-likeness (QED) is 0.715. The Morgan fingerprint density at radius 2 is 2.27 bits per heavy atom. The number of rotatable bonds is 3. The third-order valence-corrected chi connectivity index (χ3v) is 2.52. The molecular formula is C10H17NO4. The number of amides is 1. The predicted molar refractivity (Wildman–Crippen MR) is 53.3 cm³/mol. The van der Waals surface area contributed by atoms with Gasteiger partial charge in [0, 0.05) is 0 Å². The minimum atomic E-state index is -1.21. The van der Waals surface area contributed by atoms with Crippen molar-refractivity contribution in [3.63, 3.8) is 0 Å². The van der Waals surface area contributed by atoms with Crippen LogP contribution in [0.15, 0.2) is 0 Å². The van der Waals surface area contributed by atoms with Crippen LogP contribution in [-0.2, 0) is 14.3 Å². The van der Waals surface area contributed by atoms with Crippen molar-refractivity contribution in [3.8, 4) is 0 Å². The van der Waals surface area contributed by atoms with Crippen LogP contribution in [0.4, 0.5) is 4.79 Å². The minimum absolute atomic E-state index is 0.103. The predicted octanol–water partition coefficient (Wildman–Crippen LogP) is 1.07. The van der Waals surface area contributed by atoms with Gasteiger partial charge in [0.2, 0.25) is 5.60 Å². The van der Waals surface area contributed by atoms with E-state index in [0.29, 0.717) is 0 Å². The molecule has 0 aromatic carbocycles. The van der Waals surface area contributed by atoms with E-state index in [-0.39, 0.29) is 18.6 Å². The molecule has 0 saturated carbocycles. The number of nitrogens with one attached hydrogen (secondary N) is 1. The van der Waals surface area contributed by atoms with Crippen LogP contribution in [0.1, 0.15) is 27.7 Å². The SMILES string of the molecule is CCOC(=O)[C@@]1(C)OC(=O)N[C@H]1C(C)C. The Kier molecular flexibility index (Phi) is 3.21. The number of hydrogen-bond donors (Lipinski definition) is 1. The first kappa shape index (κ1) is 11.8. The minimum Gasteiger partial charge on any atom is -0.463 e. The van der Waals surface area contributed by atoms with Crippen molar-refractivity contribution >= 4 is 12.1 Å². The average Bonchev–Trinajstić information content (AvgIpc) is 2.43. The number of carbonyl (C=O) groups is 2. The molecule has 1 saturated heterocycles. The summed E-state index contributed by atoms with van der Waals surface area (Å²) >= 11 is 0. The van der Waals surface area contributed by atoms with Crippen molar-refractivity contribution in [2.24, 2.45) is 5.92 Å². The zero-order valence-electron chi connectivity index (χ0n) is 9.49. The molecule has 2 atom stereocenters. The van der Waals surface area contributed by atoms with E-state index in [9.17, 15) is 9.59 Å². The summed E-state index contributed by atoms with van der Waals surface area (Å²) in [5, 5.41) is 2.62. The highest BCUT2D eigenvalue weighted by molar-refractivity contribution is 5.87. The van der Waals surface area contributed by atoms with Gasteiger partial charge in [0.1, 0.15) is 0 Å². The summed E-state index contributed by atoms with van der Waals surface area (Å²) in [6.45, 7) is 7.40. The van der Waals surface area contributed by atoms with E-state index in [1.165, 1.54) is 0 Å². The summed E-state index contributed by atoms with van der Waals surface area (Å²) in [6.07, 6.45) is -0.566. The Bertz CT molecular complexity index is 277. The topological polar surface area (TPSA) is 64.6 Å². The molecule has 1 N–H and O–H groups in total. The average molecular weight is 215 g/mol. The fourth-order valence-corrected chi connectivity index (χ4v) is 1.80. The summed E-state index contributed by atoms with van der Waals surface area (Å²) in [7, 11) is 0. The lowest BCUT2D eigenvalue weighted by Gasteiger charge is -2.28. The van der Waals surface area contributed by atoms with Gasteiger partial charge in [-0.05, 0) is 19.8 Å². The molecule has 0 bridgehead atoms. The molecule has 1 fully saturated rings. The van der Waals surface area contributed by atoms with Gasteiger partial charge in [-0.15, -0.1) is 0 Å². The summed E-state index contributed by atoms with van der Waals surface area (Å²) in [4.78, 5) is 22.8. The third-order valence-electron chi connectivity index (χ3n) is 2.52. The van der Waals surface area contributed by atoms with Crippen molar-refractivity contribution in [1.82, 2.24) is 5.32 Å². The normalized spacial score (nSPS) is 29.9. The van der Waals surface area contributed by atoms with Crippen molar-refractivity contribution in [2.45, 2.75) is 39.3 Å². The van der Waals surface area contributed by atoms with Crippen LogP contribution < -0.4 is 5.32 Å². The van der Waals surface area contributed by atoms with E-state index in [4.69, 9.17) is 9.47 Å². The van der Waals surface area contributed by atoms with Crippen LogP contribution in [0.2, 0.25) is 0 Å². The fourth-order valence-electron chi connectivity index (χ4n) is 1.80. The van der Waals surface area contributed by atoms with E-state index < -0.39 is 17.7 Å². The Morgan fingerprint density at radius 1 is 1.67 bits per heavy atom. The highest BCUT2D eigenvalue weighted by atomic mass is 16.6. The van der Waals surface area contributed by atoms with Crippen molar-refractivity contribution in [2.75, 3.05) is 6.61 Å². The van der Waals surface area contributed by atoms with Gasteiger partial charge >= 0.3 is 12.1 Å². The van der Waals surface area contributed by atoms with E-state index >= 15 is 0 Å². The lowest BCUT2D eigenvalue weighted by molar-refractivity contribution is -0.162. The zero-order valence-corrected chi connectivity index (χ0v) is 9.49. The second kappa shape index (κ2) is 4.08. The Morgan fingerprint density at radius 3 is 2.73 bits per heavy atom. The molecule has 15 heavy (non-hydrogen) atoms. The van der Waals surface area contributed by atoms with Gasteiger partial charge < -0.3 is 14.8 Å². The molecule has 1 aliphatic rings. The molecule has 0 unspecified atom stereocenters. The van der Waals surface area contributed by atoms with E-state index in [2.05, 4.69) is 5.32 Å². The standard InChI is InChI=1S/C10H17NO4/c1-5-14-8(12)10(4)7(6(2)3)11-9(13)15-10/h6-7H,5H2,1-4H3,(H,11,13)/t7-,10-/m0/s1. The summed E-state index contributed by atoms with van der Waals surface area (Å²) in [5.41, 5.74) is -1.21. The van der Waals surface area contributed by atoms with Gasteiger partial charge in [-0.2, -0.15) is 0 Å². The number of ether oxygens (including phenoxy) is 2. The van der Waals surface area contributed by atoms with Crippen LogP contribution in [-0.4, -0.2) is 30.3 Å². The lowest BCUT2D eigenvalue weighted by atomic mass is 9.88. The highest BCUT2D eigenvalue weighted by Gasteiger charge is 2.53. The van der Waals surface area contributed by atoms with Gasteiger partial charge in [-0.1, -0.05) is 13.8 Å². The number of carbonyl (C=O) groups excluding carboxylic acids is 2. The maximum Gasteiger partial charge on any atom is 0.408 e. The van der Waals surface area contributed by atoms with Crippen molar-refractivity contribution < 1.29 is 19.1 Å². The van der Waals surface area contributed by atoms with Crippen LogP contribution in [0.25, 0.3) is 0 Å². The molecule has 5 heteroatoms.